The van der Waals surface area contributed by atoms with E-state index in [-0.39, 0.29) is 25.7 Å². The van der Waals surface area contributed by atoms with Gasteiger partial charge in [-0.3, -0.25) is 37.3 Å². The fourth-order valence-electron chi connectivity index (χ4n) is 13.5. The summed E-state index contributed by atoms with van der Waals surface area (Å²) in [4.78, 5) is 73.2. The number of ether oxygens (including phenoxy) is 4. The molecule has 0 aromatic carbocycles. The van der Waals surface area contributed by atoms with Gasteiger partial charge in [-0.25, -0.2) is 9.13 Å². The Morgan fingerprint density at radius 1 is 0.274 bits per heavy atom. The van der Waals surface area contributed by atoms with E-state index in [1.165, 1.54) is 263 Å². The zero-order chi connectivity index (χ0) is 77.9. The molecule has 0 amide bonds. The predicted molar refractivity (Wildman–Crippen MR) is 437 cm³/mol. The van der Waals surface area contributed by atoms with Crippen molar-refractivity contribution in [2.24, 2.45) is 17.8 Å². The Morgan fingerprint density at radius 2 is 0.481 bits per heavy atom. The molecule has 0 fully saturated rings. The first-order valence-corrected chi connectivity index (χ1v) is 47.9. The van der Waals surface area contributed by atoms with Gasteiger partial charge < -0.3 is 33.8 Å². The molecular formula is C87H170O17P2. The highest BCUT2D eigenvalue weighted by atomic mass is 31.2. The molecule has 0 aliphatic rings. The molecule has 7 atom stereocenters. The number of esters is 4. The molecule has 19 heteroatoms. The molecule has 3 N–H and O–H groups in total. The zero-order valence-corrected chi connectivity index (χ0v) is 71.7. The van der Waals surface area contributed by atoms with E-state index in [0.717, 1.165) is 108 Å². The SMILES string of the molecule is CCCCCCCCCCCCCCCCCCCCCCCCC(=O)OC[C@H](COP(=O)(O)OC[C@@H](O)COP(=O)(O)OC[C@@H](COC(=O)CCCCCCCCCC(C)C)OC(=O)CCCCCCCCCCC(C)CC)OC(=O)CCCCCCCCCCCCCCCCCCCCC(C)CC. The second-order valence-corrected chi connectivity index (χ2v) is 35.1. The number of rotatable bonds is 85. The molecule has 0 aliphatic carbocycles. The van der Waals surface area contributed by atoms with Gasteiger partial charge in [-0.2, -0.15) is 0 Å². The van der Waals surface area contributed by atoms with E-state index in [0.29, 0.717) is 31.6 Å². The maximum absolute atomic E-state index is 13.2. The van der Waals surface area contributed by atoms with Crippen LogP contribution in [0.15, 0.2) is 0 Å². The average molecular weight is 1550 g/mol. The Labute approximate surface area is 651 Å². The quantitative estimate of drug-likeness (QED) is 0.0222. The van der Waals surface area contributed by atoms with Crippen LogP contribution >= 0.6 is 15.6 Å². The van der Waals surface area contributed by atoms with Gasteiger partial charge in [0.2, 0.25) is 0 Å². The first-order chi connectivity index (χ1) is 51.3. The summed E-state index contributed by atoms with van der Waals surface area (Å²) in [5.41, 5.74) is 0. The van der Waals surface area contributed by atoms with Crippen LogP contribution in [0.3, 0.4) is 0 Å². The van der Waals surface area contributed by atoms with Crippen molar-refractivity contribution in [3.05, 3.63) is 0 Å². The molecule has 0 radical (unpaired) electrons. The van der Waals surface area contributed by atoms with Crippen LogP contribution in [0.25, 0.3) is 0 Å². The molecule has 0 heterocycles. The van der Waals surface area contributed by atoms with Gasteiger partial charge in [-0.15, -0.1) is 0 Å². The van der Waals surface area contributed by atoms with E-state index in [2.05, 4.69) is 48.5 Å². The van der Waals surface area contributed by atoms with Gasteiger partial charge in [0.25, 0.3) is 0 Å². The maximum atomic E-state index is 13.2. The van der Waals surface area contributed by atoms with Crippen LogP contribution in [-0.4, -0.2) is 96.7 Å². The summed E-state index contributed by atoms with van der Waals surface area (Å²) >= 11 is 0. The van der Waals surface area contributed by atoms with Crippen LogP contribution in [-0.2, 0) is 65.4 Å². The number of phosphoric acid groups is 2. The van der Waals surface area contributed by atoms with E-state index in [4.69, 9.17) is 37.0 Å². The van der Waals surface area contributed by atoms with Crippen LogP contribution in [0, 0.1) is 17.8 Å². The van der Waals surface area contributed by atoms with Crippen molar-refractivity contribution in [1.29, 1.82) is 0 Å². The summed E-state index contributed by atoms with van der Waals surface area (Å²) in [6, 6.07) is 0. The molecule has 0 aliphatic heterocycles. The molecule has 106 heavy (non-hydrogen) atoms. The van der Waals surface area contributed by atoms with Crippen molar-refractivity contribution in [3.63, 3.8) is 0 Å². The van der Waals surface area contributed by atoms with Gasteiger partial charge >= 0.3 is 39.5 Å². The topological polar surface area (TPSA) is 237 Å². The Balaban J connectivity index is 5.19. The van der Waals surface area contributed by atoms with Gasteiger partial charge in [0.1, 0.15) is 19.3 Å². The molecule has 0 bridgehead atoms. The smallest absolute Gasteiger partial charge is 0.462 e. The lowest BCUT2D eigenvalue weighted by molar-refractivity contribution is -0.161. The van der Waals surface area contributed by atoms with E-state index in [9.17, 15) is 43.2 Å². The van der Waals surface area contributed by atoms with Crippen LogP contribution in [0.5, 0.6) is 0 Å². The highest BCUT2D eigenvalue weighted by molar-refractivity contribution is 7.47. The first kappa shape index (κ1) is 104. The number of hydrogen-bond donors (Lipinski definition) is 3. The highest BCUT2D eigenvalue weighted by Crippen LogP contribution is 2.45. The van der Waals surface area contributed by atoms with Crippen LogP contribution in [0.2, 0.25) is 0 Å². The normalized spacial score (nSPS) is 14.4. The molecule has 0 spiro atoms. The number of phosphoric ester groups is 2. The van der Waals surface area contributed by atoms with Gasteiger partial charge in [0, 0.05) is 25.7 Å². The predicted octanol–water partition coefficient (Wildman–Crippen LogP) is 26.5. The Bertz CT molecular complexity index is 2050. The van der Waals surface area contributed by atoms with Crippen LogP contribution in [0.1, 0.15) is 459 Å². The van der Waals surface area contributed by atoms with Gasteiger partial charge in [0.15, 0.2) is 12.2 Å². The molecule has 0 aromatic heterocycles. The summed E-state index contributed by atoms with van der Waals surface area (Å²) in [6.07, 6.45) is 68.3. The van der Waals surface area contributed by atoms with E-state index >= 15 is 0 Å². The molecular weight excluding hydrogens is 1380 g/mol. The zero-order valence-electron chi connectivity index (χ0n) is 69.9. The Morgan fingerprint density at radius 3 is 0.717 bits per heavy atom. The van der Waals surface area contributed by atoms with E-state index in [1.54, 1.807) is 0 Å². The molecule has 0 rings (SSSR count). The number of aliphatic hydroxyl groups excluding tert-OH is 1. The lowest BCUT2D eigenvalue weighted by Gasteiger charge is -2.21. The number of carbonyl (C=O) groups excluding carboxylic acids is 4. The summed E-state index contributed by atoms with van der Waals surface area (Å²) in [6.45, 7) is 12.0. The minimum absolute atomic E-state index is 0.104. The first-order valence-electron chi connectivity index (χ1n) is 44.9. The van der Waals surface area contributed by atoms with Crippen molar-refractivity contribution in [2.45, 2.75) is 478 Å². The fraction of sp³-hybridized carbons (Fsp3) is 0.954. The number of aliphatic hydroxyl groups is 1. The largest absolute Gasteiger partial charge is 0.472 e. The van der Waals surface area contributed by atoms with Gasteiger partial charge in [0.05, 0.1) is 26.4 Å². The number of unbranched alkanes of at least 4 members (excludes halogenated alkanes) is 51. The summed E-state index contributed by atoms with van der Waals surface area (Å²) in [5, 5.41) is 10.7. The highest BCUT2D eigenvalue weighted by Gasteiger charge is 2.31. The summed E-state index contributed by atoms with van der Waals surface area (Å²) in [5.74, 6) is 0.236. The summed E-state index contributed by atoms with van der Waals surface area (Å²) < 4.78 is 68.8. The molecule has 0 saturated carbocycles. The fourth-order valence-corrected chi connectivity index (χ4v) is 15.1. The van der Waals surface area contributed by atoms with Gasteiger partial charge in [-0.05, 0) is 43.4 Å². The molecule has 630 valence electrons. The summed E-state index contributed by atoms with van der Waals surface area (Å²) in [7, 11) is -9.93. The van der Waals surface area contributed by atoms with Crippen LogP contribution in [0.4, 0.5) is 0 Å². The van der Waals surface area contributed by atoms with E-state index in [1.807, 2.05) is 0 Å². The average Bonchev–Trinajstić information content (AvgIpc) is 0.937. The minimum Gasteiger partial charge on any atom is -0.462 e. The number of carbonyl (C=O) groups is 4. The maximum Gasteiger partial charge on any atom is 0.472 e. The molecule has 17 nitrogen and oxygen atoms in total. The Hall–Kier alpha value is -1.94. The van der Waals surface area contributed by atoms with Crippen molar-refractivity contribution in [3.8, 4) is 0 Å². The lowest BCUT2D eigenvalue weighted by atomic mass is 9.99. The number of hydrogen-bond acceptors (Lipinski definition) is 15. The van der Waals surface area contributed by atoms with Crippen molar-refractivity contribution >= 4 is 39.5 Å². The molecule has 4 unspecified atom stereocenters. The third-order valence-corrected chi connectivity index (χ3v) is 23.0. The van der Waals surface area contributed by atoms with Crippen molar-refractivity contribution in [1.82, 2.24) is 0 Å². The Kier molecular flexibility index (Phi) is 75.6. The third kappa shape index (κ3) is 77.4. The third-order valence-electron chi connectivity index (χ3n) is 21.1. The minimum atomic E-state index is -4.97. The second-order valence-electron chi connectivity index (χ2n) is 32.2. The standard InChI is InChI=1S/C87H170O17P2/c1-8-11-12-13-14-15-16-17-18-19-20-21-22-23-27-30-33-36-39-47-54-61-68-84(89)97-74-82(103-86(91)70-63-56-48-40-37-34-31-28-25-24-26-29-32-35-38-45-52-59-66-79(6)9-2)76-101-105(93,94)99-72-81(88)73-100-106(95,96)102-77-83(75-98-85(90)69-62-55-50-43-44-51-58-65-78(4)5)104-87(92)71-64-57-49-42-41-46-53-60-67-80(7)10-3/h78-83,88H,8-77H2,1-7H3,(H,93,94)(H,95,96)/t79?,80?,81-,82-,83-/m1/s1. The van der Waals surface area contributed by atoms with Gasteiger partial charge in [-0.1, -0.05) is 408 Å². The lowest BCUT2D eigenvalue weighted by Crippen LogP contribution is -2.30. The van der Waals surface area contributed by atoms with E-state index < -0.39 is 97.5 Å². The second kappa shape index (κ2) is 77.0. The van der Waals surface area contributed by atoms with Crippen molar-refractivity contribution in [2.75, 3.05) is 39.6 Å². The van der Waals surface area contributed by atoms with Crippen molar-refractivity contribution < 1.29 is 80.2 Å². The molecule has 0 aromatic rings. The molecule has 0 saturated heterocycles. The van der Waals surface area contributed by atoms with Crippen LogP contribution < -0.4 is 0 Å². The monoisotopic (exact) mass is 1550 g/mol.